The van der Waals surface area contributed by atoms with Gasteiger partial charge in [0.1, 0.15) is 16.9 Å². The van der Waals surface area contributed by atoms with Crippen molar-refractivity contribution in [3.8, 4) is 17.6 Å². The minimum absolute atomic E-state index is 0.0735. The highest BCUT2D eigenvalue weighted by molar-refractivity contribution is 7.91. The maximum Gasteiger partial charge on any atom is 0.186 e. The Bertz CT molecular complexity index is 2020. The molecule has 4 aromatic heterocycles. The van der Waals surface area contributed by atoms with Gasteiger partial charge in [-0.3, -0.25) is 0 Å². The molecule has 0 saturated carbocycles. The van der Waals surface area contributed by atoms with Crippen LogP contribution in [0.5, 0.6) is 0 Å². The van der Waals surface area contributed by atoms with E-state index < -0.39 is 20.5 Å². The second-order valence-electron chi connectivity index (χ2n) is 14.0. The third-order valence-corrected chi connectivity index (χ3v) is 14.0. The van der Waals surface area contributed by atoms with Crippen LogP contribution in [0, 0.1) is 11.3 Å². The zero-order valence-electron chi connectivity index (χ0n) is 27.2. The van der Waals surface area contributed by atoms with Crippen LogP contribution in [0.1, 0.15) is 91.7 Å². The van der Waals surface area contributed by atoms with Crippen LogP contribution in [-0.2, 0) is 28.1 Å². The first kappa shape index (κ1) is 30.8. The number of thiophene rings is 1. The molecule has 0 aromatic carbocycles. The lowest BCUT2D eigenvalue weighted by Gasteiger charge is -2.39. The van der Waals surface area contributed by atoms with E-state index in [-0.39, 0.29) is 6.04 Å². The molecule has 0 radical (unpaired) electrons. The van der Waals surface area contributed by atoms with E-state index in [4.69, 9.17) is 25.3 Å². The Labute approximate surface area is 278 Å². The molecule has 2 N–H and O–H groups in total. The van der Waals surface area contributed by atoms with Crippen molar-refractivity contribution in [3.05, 3.63) is 33.5 Å². The number of rotatable bonds is 5. The van der Waals surface area contributed by atoms with Crippen molar-refractivity contribution >= 4 is 43.0 Å². The number of nitrogens with two attached hydrogens (primary N) is 1. The number of aromatic nitrogens is 5. The summed E-state index contributed by atoms with van der Waals surface area (Å²) in [7, 11) is -1.06. The Hall–Kier alpha value is -3.54. The molecular weight excluding hydrogens is 635 g/mol. The van der Waals surface area contributed by atoms with Crippen molar-refractivity contribution < 1.29 is 12.9 Å². The molecule has 2 aliphatic carbocycles. The number of likely N-dealkylation sites (tertiary alicyclic amines) is 1. The molecule has 248 valence electrons. The predicted molar refractivity (Wildman–Crippen MR) is 181 cm³/mol. The molecule has 14 heteroatoms. The summed E-state index contributed by atoms with van der Waals surface area (Å²) in [6, 6.07) is 2.80. The van der Waals surface area contributed by atoms with Crippen molar-refractivity contribution in [2.45, 2.75) is 93.9 Å². The van der Waals surface area contributed by atoms with Crippen LogP contribution in [0.4, 0.5) is 10.8 Å². The van der Waals surface area contributed by atoms with Gasteiger partial charge in [-0.05, 0) is 90.3 Å². The van der Waals surface area contributed by atoms with Crippen molar-refractivity contribution in [3.63, 3.8) is 0 Å². The second-order valence-corrected chi connectivity index (χ2v) is 17.5. The summed E-state index contributed by atoms with van der Waals surface area (Å²) in [5.74, 6) is 1.96. The molecule has 2 fully saturated rings. The maximum absolute atomic E-state index is 12.7. The Morgan fingerprint density at radius 1 is 1.15 bits per heavy atom. The molecule has 47 heavy (non-hydrogen) atoms. The number of hydrogen-bond donors (Lipinski definition) is 1. The lowest BCUT2D eigenvalue weighted by atomic mass is 9.63. The Kier molecular flexibility index (Phi) is 7.38. The largest absolute Gasteiger partial charge is 0.389 e. The standard InChI is InChI=1S/C33H41N9O3S2/c1-19(24-10-7-14-40(24)2)42-32-23(17-36-42)31(41-15-6-8-20(18-41)47(3,43)44)37-30(38-32)27-21-9-4-12-33(28(21)45-39-27)13-5-11-25-26(33)22(16-34)29(35)46-25/h17,19-20,24H,4-15,18,35H2,1-3H3/t19-,20-,24-,33-/m0/s1. The highest BCUT2D eigenvalue weighted by Crippen LogP contribution is 2.55. The van der Waals surface area contributed by atoms with Gasteiger partial charge in [0.25, 0.3) is 0 Å². The van der Waals surface area contributed by atoms with Gasteiger partial charge in [0.05, 0.1) is 33.9 Å². The molecule has 4 aromatic rings. The summed E-state index contributed by atoms with van der Waals surface area (Å²) < 4.78 is 33.7. The molecule has 4 aliphatic rings. The fourth-order valence-electron chi connectivity index (χ4n) is 8.96. The molecule has 1 spiro atoms. The molecule has 0 unspecified atom stereocenters. The van der Waals surface area contributed by atoms with E-state index in [2.05, 4.69) is 35.0 Å². The van der Waals surface area contributed by atoms with Crippen LogP contribution >= 0.6 is 11.3 Å². The number of anilines is 2. The zero-order chi connectivity index (χ0) is 32.7. The minimum atomic E-state index is -3.23. The smallest absolute Gasteiger partial charge is 0.186 e. The number of nitrogen functional groups attached to an aromatic ring is 1. The summed E-state index contributed by atoms with van der Waals surface area (Å²) >= 11 is 1.53. The van der Waals surface area contributed by atoms with Crippen LogP contribution in [0.15, 0.2) is 10.7 Å². The normalized spacial score (nSPS) is 25.6. The monoisotopic (exact) mass is 675 g/mol. The molecule has 0 bridgehead atoms. The fraction of sp³-hybridized carbons (Fsp3) is 0.606. The van der Waals surface area contributed by atoms with Gasteiger partial charge in [0, 0.05) is 35.8 Å². The van der Waals surface area contributed by atoms with Crippen molar-refractivity contribution in [2.75, 3.05) is 43.6 Å². The highest BCUT2D eigenvalue weighted by atomic mass is 32.2. The quantitative estimate of drug-likeness (QED) is 0.314. The molecule has 8 rings (SSSR count). The molecular formula is C33H41N9O3S2. The summed E-state index contributed by atoms with van der Waals surface area (Å²) in [5, 5.41) is 20.6. The van der Waals surface area contributed by atoms with Gasteiger partial charge in [-0.25, -0.2) is 23.1 Å². The zero-order valence-corrected chi connectivity index (χ0v) is 28.8. The van der Waals surface area contributed by atoms with E-state index in [1.54, 1.807) is 0 Å². The lowest BCUT2D eigenvalue weighted by molar-refractivity contribution is 0.232. The first-order valence-corrected chi connectivity index (χ1v) is 19.6. The summed E-state index contributed by atoms with van der Waals surface area (Å²) in [5.41, 5.74) is 9.86. The summed E-state index contributed by atoms with van der Waals surface area (Å²) in [6.45, 7) is 4.32. The lowest BCUT2D eigenvalue weighted by Crippen LogP contribution is -2.42. The molecule has 12 nitrogen and oxygen atoms in total. The summed E-state index contributed by atoms with van der Waals surface area (Å²) in [4.78, 5) is 16.0. The van der Waals surface area contributed by atoms with E-state index in [9.17, 15) is 13.7 Å². The van der Waals surface area contributed by atoms with E-state index in [0.29, 0.717) is 53.5 Å². The maximum atomic E-state index is 12.7. The Morgan fingerprint density at radius 3 is 2.68 bits per heavy atom. The van der Waals surface area contributed by atoms with Gasteiger partial charge in [-0.1, -0.05) is 5.16 Å². The van der Waals surface area contributed by atoms with E-state index in [1.165, 1.54) is 22.5 Å². The van der Waals surface area contributed by atoms with Gasteiger partial charge in [-0.15, -0.1) is 11.3 Å². The number of nitrogens with zero attached hydrogens (tertiary/aromatic N) is 8. The molecule has 2 saturated heterocycles. The van der Waals surface area contributed by atoms with Gasteiger partial charge >= 0.3 is 0 Å². The van der Waals surface area contributed by atoms with Crippen LogP contribution in [0.3, 0.4) is 0 Å². The number of piperidine rings is 1. The van der Waals surface area contributed by atoms with Crippen LogP contribution in [0.25, 0.3) is 22.6 Å². The van der Waals surface area contributed by atoms with Gasteiger partial charge in [-0.2, -0.15) is 10.4 Å². The Morgan fingerprint density at radius 2 is 1.94 bits per heavy atom. The number of aryl methyl sites for hydroxylation is 1. The average Bonchev–Trinajstić information content (AvgIpc) is 3.85. The molecule has 6 heterocycles. The van der Waals surface area contributed by atoms with Gasteiger partial charge in [0.15, 0.2) is 32.8 Å². The third kappa shape index (κ3) is 4.79. The van der Waals surface area contributed by atoms with Crippen molar-refractivity contribution in [1.82, 2.24) is 29.8 Å². The van der Waals surface area contributed by atoms with Crippen LogP contribution in [0.2, 0.25) is 0 Å². The van der Waals surface area contributed by atoms with E-state index >= 15 is 0 Å². The van der Waals surface area contributed by atoms with Crippen LogP contribution in [-0.4, -0.2) is 82.5 Å². The molecule has 0 amide bonds. The van der Waals surface area contributed by atoms with Crippen molar-refractivity contribution in [1.29, 1.82) is 5.26 Å². The minimum Gasteiger partial charge on any atom is -0.389 e. The number of hydrogen-bond acceptors (Lipinski definition) is 12. The molecule has 4 atom stereocenters. The third-order valence-electron chi connectivity index (χ3n) is 11.3. The van der Waals surface area contributed by atoms with E-state index in [1.807, 2.05) is 10.9 Å². The Balaban J connectivity index is 1.29. The SMILES string of the molecule is C[C@@H]([C@@H]1CCCN1C)n1ncc2c(N3CCC[C@H](S(C)(=O)=O)C3)nc(-c3noc4c3CCC[C@@]43CCCc4sc(N)c(C#N)c43)nc21. The number of sulfone groups is 1. The number of nitriles is 1. The highest BCUT2D eigenvalue weighted by Gasteiger charge is 2.49. The number of fused-ring (bicyclic) bond motifs is 5. The van der Waals surface area contributed by atoms with Crippen molar-refractivity contribution in [2.24, 2.45) is 0 Å². The second kappa shape index (κ2) is 11.3. The average molecular weight is 676 g/mol. The number of likely N-dealkylation sites (N-methyl/N-ethyl adjacent to an activating group) is 1. The van der Waals surface area contributed by atoms with Crippen LogP contribution < -0.4 is 10.6 Å². The van der Waals surface area contributed by atoms with Gasteiger partial charge in [0.2, 0.25) is 0 Å². The molecule has 2 aliphatic heterocycles. The first-order valence-electron chi connectivity index (χ1n) is 16.8. The van der Waals surface area contributed by atoms with Gasteiger partial charge < -0.3 is 20.1 Å². The van der Waals surface area contributed by atoms with E-state index in [0.717, 1.165) is 92.3 Å². The summed E-state index contributed by atoms with van der Waals surface area (Å²) in [6.07, 6.45) is 12.1. The topological polar surface area (TPSA) is 160 Å². The fourth-order valence-corrected chi connectivity index (χ4v) is 11.2. The first-order chi connectivity index (χ1) is 22.6. The predicted octanol–water partition coefficient (Wildman–Crippen LogP) is 4.62.